The van der Waals surface area contributed by atoms with Gasteiger partial charge in [0.05, 0.1) is 0 Å². The highest BCUT2D eigenvalue weighted by Crippen LogP contribution is 2.24. The van der Waals surface area contributed by atoms with E-state index in [2.05, 4.69) is 50.2 Å². The first-order valence-electron chi connectivity index (χ1n) is 7.39. The molecule has 0 bridgehead atoms. The number of nitrogens with one attached hydrogen (secondary N) is 1. The molecule has 0 spiro atoms. The zero-order chi connectivity index (χ0) is 14.5. The lowest BCUT2D eigenvalue weighted by Gasteiger charge is -2.31. The first kappa shape index (κ1) is 14.4. The van der Waals surface area contributed by atoms with Gasteiger partial charge >= 0.3 is 0 Å². The molecule has 1 aliphatic rings. The summed E-state index contributed by atoms with van der Waals surface area (Å²) in [6.07, 6.45) is 3.69. The molecule has 2 heterocycles. The van der Waals surface area contributed by atoms with Crippen LogP contribution in [-0.2, 0) is 13.0 Å². The second-order valence-corrected chi connectivity index (χ2v) is 6.36. The van der Waals surface area contributed by atoms with Crippen molar-refractivity contribution in [1.29, 1.82) is 0 Å². The summed E-state index contributed by atoms with van der Waals surface area (Å²) in [6.45, 7) is 3.09. The van der Waals surface area contributed by atoms with Crippen molar-refractivity contribution in [3.63, 3.8) is 0 Å². The fourth-order valence-electron chi connectivity index (χ4n) is 2.93. The number of benzene rings is 1. The van der Waals surface area contributed by atoms with Gasteiger partial charge < -0.3 is 5.43 Å². The quantitative estimate of drug-likeness (QED) is 0.655. The average molecular weight is 303 g/mol. The van der Waals surface area contributed by atoms with Gasteiger partial charge in [-0.05, 0) is 43.8 Å². The summed E-state index contributed by atoms with van der Waals surface area (Å²) >= 11 is 1.32. The van der Waals surface area contributed by atoms with Gasteiger partial charge in [0.1, 0.15) is 10.7 Å². The van der Waals surface area contributed by atoms with Crippen LogP contribution in [0.2, 0.25) is 0 Å². The number of nitrogens with two attached hydrogens (primary N) is 1. The highest BCUT2D eigenvalue weighted by Gasteiger charge is 2.21. The third-order valence-electron chi connectivity index (χ3n) is 4.13. The van der Waals surface area contributed by atoms with E-state index in [4.69, 9.17) is 5.84 Å². The molecular formula is C15H21N5S. The number of nitrogens with zero attached hydrogens (tertiary/aromatic N) is 3. The fraction of sp³-hybridized carbons (Fsp3) is 0.467. The van der Waals surface area contributed by atoms with Crippen molar-refractivity contribution < 1.29 is 0 Å². The van der Waals surface area contributed by atoms with E-state index in [1.165, 1.54) is 36.4 Å². The van der Waals surface area contributed by atoms with Crippen molar-refractivity contribution in [2.24, 2.45) is 11.8 Å². The Hall–Kier alpha value is -1.50. The minimum atomic E-state index is 0.796. The third kappa shape index (κ3) is 3.78. The largest absolute Gasteiger partial charge is 0.313 e. The Morgan fingerprint density at radius 3 is 2.71 bits per heavy atom. The zero-order valence-electron chi connectivity index (χ0n) is 12.0. The number of nitrogen functional groups attached to an aromatic ring is 1. The van der Waals surface area contributed by atoms with Crippen molar-refractivity contribution in [2.45, 2.75) is 25.8 Å². The molecule has 5 nitrogen and oxygen atoms in total. The minimum absolute atomic E-state index is 0.796. The van der Waals surface area contributed by atoms with Gasteiger partial charge in [-0.15, -0.1) is 5.10 Å². The van der Waals surface area contributed by atoms with Crippen molar-refractivity contribution in [3.05, 3.63) is 41.6 Å². The monoisotopic (exact) mass is 303 g/mol. The first-order chi connectivity index (χ1) is 10.3. The standard InChI is InChI=1S/C15H21N5S/c16-17-15-14(18-19-21-15)11-20-8-6-13(7-9-20)10-12-4-2-1-3-5-12/h1-5,13,17H,6-11,16H2. The van der Waals surface area contributed by atoms with Crippen LogP contribution in [0.3, 0.4) is 0 Å². The maximum Gasteiger partial charge on any atom is 0.148 e. The Labute approximate surface area is 129 Å². The molecule has 3 rings (SSSR count). The van der Waals surface area contributed by atoms with Crippen molar-refractivity contribution >= 4 is 16.5 Å². The summed E-state index contributed by atoms with van der Waals surface area (Å²) in [6, 6.07) is 10.8. The Bertz CT molecular complexity index is 548. The summed E-state index contributed by atoms with van der Waals surface area (Å²) in [5.74, 6) is 6.27. The minimum Gasteiger partial charge on any atom is -0.313 e. The van der Waals surface area contributed by atoms with Crippen LogP contribution in [0, 0.1) is 5.92 Å². The summed E-state index contributed by atoms with van der Waals surface area (Å²) in [7, 11) is 0. The topological polar surface area (TPSA) is 67.1 Å². The van der Waals surface area contributed by atoms with Crippen LogP contribution in [0.5, 0.6) is 0 Å². The van der Waals surface area contributed by atoms with Crippen molar-refractivity contribution in [3.8, 4) is 0 Å². The van der Waals surface area contributed by atoms with E-state index in [9.17, 15) is 0 Å². The second kappa shape index (κ2) is 6.98. The van der Waals surface area contributed by atoms with E-state index >= 15 is 0 Å². The predicted octanol–water partition coefficient (Wildman–Crippen LogP) is 2.28. The molecule has 112 valence electrons. The van der Waals surface area contributed by atoms with Gasteiger partial charge in [-0.3, -0.25) is 4.90 Å². The molecule has 0 aliphatic carbocycles. The normalized spacial score (nSPS) is 17.0. The molecule has 21 heavy (non-hydrogen) atoms. The van der Waals surface area contributed by atoms with Crippen LogP contribution in [-0.4, -0.2) is 27.6 Å². The van der Waals surface area contributed by atoms with Gasteiger partial charge in [-0.25, -0.2) is 5.84 Å². The number of likely N-dealkylation sites (tertiary alicyclic amines) is 1. The molecule has 1 aliphatic heterocycles. The number of anilines is 1. The molecular weight excluding hydrogens is 282 g/mol. The molecule has 1 saturated heterocycles. The van der Waals surface area contributed by atoms with E-state index in [0.29, 0.717) is 0 Å². The molecule has 0 amide bonds. The molecule has 0 radical (unpaired) electrons. The van der Waals surface area contributed by atoms with Crippen LogP contribution in [0.15, 0.2) is 30.3 Å². The number of piperidine rings is 1. The Balaban J connectivity index is 1.49. The van der Waals surface area contributed by atoms with E-state index in [1.54, 1.807) is 0 Å². The van der Waals surface area contributed by atoms with Crippen LogP contribution < -0.4 is 11.3 Å². The molecule has 2 aromatic rings. The van der Waals surface area contributed by atoms with Gasteiger partial charge in [0.15, 0.2) is 0 Å². The fourth-order valence-corrected chi connectivity index (χ4v) is 3.41. The molecule has 1 aromatic carbocycles. The highest BCUT2D eigenvalue weighted by atomic mass is 32.1. The van der Waals surface area contributed by atoms with E-state index in [-0.39, 0.29) is 0 Å². The number of hydrogen-bond acceptors (Lipinski definition) is 6. The van der Waals surface area contributed by atoms with Crippen LogP contribution >= 0.6 is 11.5 Å². The average Bonchev–Trinajstić information content (AvgIpc) is 2.97. The number of hydrazine groups is 1. The predicted molar refractivity (Wildman–Crippen MR) is 85.9 cm³/mol. The number of rotatable bonds is 5. The maximum absolute atomic E-state index is 5.47. The van der Waals surface area contributed by atoms with Gasteiger partial charge in [0.2, 0.25) is 0 Å². The SMILES string of the molecule is NNc1snnc1CN1CCC(Cc2ccccc2)CC1. The molecule has 6 heteroatoms. The van der Waals surface area contributed by atoms with Crippen LogP contribution in [0.4, 0.5) is 5.00 Å². The summed E-state index contributed by atoms with van der Waals surface area (Å²) < 4.78 is 3.95. The van der Waals surface area contributed by atoms with Gasteiger partial charge in [0, 0.05) is 18.1 Å². The third-order valence-corrected chi connectivity index (χ3v) is 4.83. The molecule has 0 unspecified atom stereocenters. The van der Waals surface area contributed by atoms with Gasteiger partial charge in [-0.1, -0.05) is 34.8 Å². The summed E-state index contributed by atoms with van der Waals surface area (Å²) in [5.41, 5.74) is 5.09. The number of hydrogen-bond donors (Lipinski definition) is 2. The van der Waals surface area contributed by atoms with E-state index in [0.717, 1.165) is 36.2 Å². The Kier molecular flexibility index (Phi) is 4.80. The zero-order valence-corrected chi connectivity index (χ0v) is 12.9. The van der Waals surface area contributed by atoms with E-state index < -0.39 is 0 Å². The highest BCUT2D eigenvalue weighted by molar-refractivity contribution is 7.10. The van der Waals surface area contributed by atoms with Crippen molar-refractivity contribution in [2.75, 3.05) is 18.5 Å². The molecule has 0 atom stereocenters. The second-order valence-electron chi connectivity index (χ2n) is 5.60. The lowest BCUT2D eigenvalue weighted by atomic mass is 9.90. The summed E-state index contributed by atoms with van der Waals surface area (Å²) in [4.78, 5) is 2.44. The Morgan fingerprint density at radius 2 is 2.00 bits per heavy atom. The van der Waals surface area contributed by atoms with Crippen molar-refractivity contribution in [1.82, 2.24) is 14.5 Å². The summed E-state index contributed by atoms with van der Waals surface area (Å²) in [5, 5.41) is 5.03. The van der Waals surface area contributed by atoms with Crippen LogP contribution in [0.25, 0.3) is 0 Å². The first-order valence-corrected chi connectivity index (χ1v) is 8.16. The maximum atomic E-state index is 5.47. The molecule has 3 N–H and O–H groups in total. The van der Waals surface area contributed by atoms with Gasteiger partial charge in [0.25, 0.3) is 0 Å². The van der Waals surface area contributed by atoms with Gasteiger partial charge in [-0.2, -0.15) is 0 Å². The Morgan fingerprint density at radius 1 is 1.24 bits per heavy atom. The van der Waals surface area contributed by atoms with E-state index in [1.807, 2.05) is 0 Å². The smallest absolute Gasteiger partial charge is 0.148 e. The molecule has 1 fully saturated rings. The lowest BCUT2D eigenvalue weighted by molar-refractivity contribution is 0.175. The molecule has 1 aromatic heterocycles. The molecule has 0 saturated carbocycles. The lowest BCUT2D eigenvalue weighted by Crippen LogP contribution is -2.34. The van der Waals surface area contributed by atoms with Crippen LogP contribution in [0.1, 0.15) is 24.1 Å². The number of aromatic nitrogens is 2.